The van der Waals surface area contributed by atoms with Crippen LogP contribution < -0.4 is 27.0 Å². The maximum absolute atomic E-state index is 13.1. The van der Waals surface area contributed by atoms with Gasteiger partial charge in [-0.25, -0.2) is 14.4 Å². The molecule has 1 aromatic carbocycles. The van der Waals surface area contributed by atoms with Crippen molar-refractivity contribution in [1.82, 2.24) is 21.3 Å². The Morgan fingerprint density at radius 3 is 2.33 bits per heavy atom. The van der Waals surface area contributed by atoms with Crippen molar-refractivity contribution in [3.05, 3.63) is 35.9 Å². The Morgan fingerprint density at radius 1 is 0.974 bits per heavy atom. The first-order chi connectivity index (χ1) is 18.8. The molecule has 1 aromatic rings. The van der Waals surface area contributed by atoms with Gasteiger partial charge in [0.2, 0.25) is 5.91 Å². The number of amides is 4. The van der Waals surface area contributed by atoms with E-state index in [-0.39, 0.29) is 25.0 Å². The second kappa shape index (κ2) is 18.0. The number of carboxylic acid groups (broad SMARTS) is 1. The van der Waals surface area contributed by atoms with Crippen LogP contribution in [-0.2, 0) is 20.9 Å². The molecule has 1 aliphatic carbocycles. The van der Waals surface area contributed by atoms with Gasteiger partial charge in [0, 0.05) is 12.6 Å². The number of rotatable bonds is 16. The lowest BCUT2D eigenvalue weighted by Gasteiger charge is -2.31. The number of alkyl carbamates (subject to hydrolysis) is 1. The minimum atomic E-state index is -1.13. The van der Waals surface area contributed by atoms with Gasteiger partial charge in [-0.3, -0.25) is 4.79 Å². The molecule has 11 heteroatoms. The first-order valence-electron chi connectivity index (χ1n) is 14.0. The number of hydrogen-bond donors (Lipinski definition) is 6. The number of benzene rings is 1. The van der Waals surface area contributed by atoms with E-state index >= 15 is 0 Å². The second-order valence-electron chi connectivity index (χ2n) is 10.2. The topological polar surface area (TPSA) is 172 Å². The molecule has 39 heavy (non-hydrogen) atoms. The minimum absolute atomic E-state index is 0.0442. The Bertz CT molecular complexity index is 900. The smallest absolute Gasteiger partial charge is 0.407 e. The van der Waals surface area contributed by atoms with Crippen LogP contribution in [0, 0.1) is 5.92 Å². The molecule has 0 heterocycles. The standard InChI is InChI=1S/C28H45N5O6/c1-20-11-5-6-14-22(20)31-25(34)23(32-27(37)33-24(26(35)36)16-7-9-17-29)15-8-10-18-30-28(38)39-19-21-12-3-2-4-13-21/h2-4,12-13,20,22-24H,5-11,14-19,29H2,1H3,(H,30,38)(H,31,34)(H,35,36)(H2,32,33,37)/t20?,22-,23?,24+/m1/s1. The molecule has 2 rings (SSSR count). The number of unbranched alkanes of at least 4 members (excludes halogenated alkanes) is 2. The summed E-state index contributed by atoms with van der Waals surface area (Å²) in [6.45, 7) is 3.09. The molecule has 218 valence electrons. The summed E-state index contributed by atoms with van der Waals surface area (Å²) in [5.74, 6) is -1.07. The fourth-order valence-electron chi connectivity index (χ4n) is 4.63. The fraction of sp³-hybridized carbons (Fsp3) is 0.643. The third-order valence-electron chi connectivity index (χ3n) is 7.01. The number of nitrogens with one attached hydrogen (secondary N) is 4. The summed E-state index contributed by atoms with van der Waals surface area (Å²) in [6, 6.07) is 6.82. The molecule has 4 amide bonds. The van der Waals surface area contributed by atoms with Crippen LogP contribution in [0.4, 0.5) is 9.59 Å². The van der Waals surface area contributed by atoms with E-state index in [2.05, 4.69) is 28.2 Å². The predicted molar refractivity (Wildman–Crippen MR) is 148 cm³/mol. The van der Waals surface area contributed by atoms with E-state index in [0.29, 0.717) is 51.1 Å². The van der Waals surface area contributed by atoms with Gasteiger partial charge in [-0.1, -0.05) is 50.1 Å². The van der Waals surface area contributed by atoms with Crippen molar-refractivity contribution in [1.29, 1.82) is 0 Å². The third kappa shape index (κ3) is 12.8. The zero-order valence-electron chi connectivity index (χ0n) is 23.0. The number of carbonyl (C=O) groups is 4. The van der Waals surface area contributed by atoms with Gasteiger partial charge in [-0.15, -0.1) is 0 Å². The van der Waals surface area contributed by atoms with E-state index in [1.807, 2.05) is 30.3 Å². The Morgan fingerprint density at radius 2 is 1.64 bits per heavy atom. The quantitative estimate of drug-likeness (QED) is 0.173. The second-order valence-corrected chi connectivity index (χ2v) is 10.2. The van der Waals surface area contributed by atoms with Crippen LogP contribution in [0.2, 0.25) is 0 Å². The predicted octanol–water partition coefficient (Wildman–Crippen LogP) is 3.03. The monoisotopic (exact) mass is 547 g/mol. The van der Waals surface area contributed by atoms with Crippen molar-refractivity contribution < 1.29 is 29.0 Å². The average Bonchev–Trinajstić information content (AvgIpc) is 2.92. The van der Waals surface area contributed by atoms with Crippen molar-refractivity contribution in [3.8, 4) is 0 Å². The fourth-order valence-corrected chi connectivity index (χ4v) is 4.63. The molecule has 11 nitrogen and oxygen atoms in total. The van der Waals surface area contributed by atoms with Crippen molar-refractivity contribution in [2.75, 3.05) is 13.1 Å². The lowest BCUT2D eigenvalue weighted by Crippen LogP contribution is -2.55. The number of nitrogens with two attached hydrogens (primary N) is 1. The van der Waals surface area contributed by atoms with E-state index in [9.17, 15) is 24.3 Å². The Hall–Kier alpha value is -3.34. The van der Waals surface area contributed by atoms with Gasteiger partial charge in [-0.05, 0) is 69.4 Å². The molecular weight excluding hydrogens is 502 g/mol. The van der Waals surface area contributed by atoms with Gasteiger partial charge in [0.1, 0.15) is 18.7 Å². The number of urea groups is 1. The molecule has 1 saturated carbocycles. The van der Waals surface area contributed by atoms with Gasteiger partial charge >= 0.3 is 18.1 Å². The molecule has 0 aliphatic heterocycles. The molecule has 0 bridgehead atoms. The number of hydrogen-bond acceptors (Lipinski definition) is 6. The Labute approximate surface area is 231 Å². The van der Waals surface area contributed by atoms with Crippen molar-refractivity contribution in [2.24, 2.45) is 11.7 Å². The molecule has 0 spiro atoms. The van der Waals surface area contributed by atoms with E-state index in [0.717, 1.165) is 31.2 Å². The van der Waals surface area contributed by atoms with Crippen LogP contribution in [0.1, 0.15) is 76.7 Å². The van der Waals surface area contributed by atoms with Crippen LogP contribution >= 0.6 is 0 Å². The number of aliphatic carboxylic acids is 1. The zero-order valence-corrected chi connectivity index (χ0v) is 23.0. The van der Waals surface area contributed by atoms with Gasteiger partial charge in [0.15, 0.2) is 0 Å². The Kier molecular flexibility index (Phi) is 14.7. The van der Waals surface area contributed by atoms with Gasteiger partial charge in [0.05, 0.1) is 0 Å². The molecule has 7 N–H and O–H groups in total. The normalized spacial score (nSPS) is 18.3. The third-order valence-corrected chi connectivity index (χ3v) is 7.01. The summed E-state index contributed by atoms with van der Waals surface area (Å²) in [5.41, 5.74) is 6.37. The summed E-state index contributed by atoms with van der Waals surface area (Å²) in [4.78, 5) is 49.3. The minimum Gasteiger partial charge on any atom is -0.480 e. The molecule has 1 aliphatic rings. The summed E-state index contributed by atoms with van der Waals surface area (Å²) in [6.07, 6.45) is 6.54. The van der Waals surface area contributed by atoms with E-state index in [4.69, 9.17) is 10.5 Å². The Balaban J connectivity index is 1.85. The maximum atomic E-state index is 13.1. The molecule has 2 unspecified atom stereocenters. The van der Waals surface area contributed by atoms with E-state index in [1.165, 1.54) is 0 Å². The van der Waals surface area contributed by atoms with Crippen molar-refractivity contribution in [3.63, 3.8) is 0 Å². The highest BCUT2D eigenvalue weighted by molar-refractivity contribution is 5.88. The van der Waals surface area contributed by atoms with Gasteiger partial charge in [-0.2, -0.15) is 0 Å². The maximum Gasteiger partial charge on any atom is 0.407 e. The van der Waals surface area contributed by atoms with Gasteiger partial charge < -0.3 is 36.8 Å². The first kappa shape index (κ1) is 31.9. The number of carboxylic acids is 1. The number of carbonyl (C=O) groups excluding carboxylic acids is 3. The van der Waals surface area contributed by atoms with E-state index < -0.39 is 30.2 Å². The highest BCUT2D eigenvalue weighted by Crippen LogP contribution is 2.24. The molecule has 0 aromatic heterocycles. The average molecular weight is 548 g/mol. The lowest BCUT2D eigenvalue weighted by atomic mass is 9.85. The van der Waals surface area contributed by atoms with Crippen molar-refractivity contribution >= 4 is 24.0 Å². The van der Waals surface area contributed by atoms with Crippen LogP contribution in [0.3, 0.4) is 0 Å². The van der Waals surface area contributed by atoms with E-state index in [1.54, 1.807) is 0 Å². The summed E-state index contributed by atoms with van der Waals surface area (Å²) >= 11 is 0. The summed E-state index contributed by atoms with van der Waals surface area (Å²) in [7, 11) is 0. The lowest BCUT2D eigenvalue weighted by molar-refractivity contribution is -0.139. The van der Waals surface area contributed by atoms with Crippen LogP contribution in [-0.4, -0.2) is 60.3 Å². The first-order valence-corrected chi connectivity index (χ1v) is 14.0. The highest BCUT2D eigenvalue weighted by atomic mass is 16.5. The van der Waals surface area contributed by atoms with Crippen molar-refractivity contribution in [2.45, 2.75) is 95.9 Å². The molecule has 4 atom stereocenters. The van der Waals surface area contributed by atoms with Crippen LogP contribution in [0.5, 0.6) is 0 Å². The van der Waals surface area contributed by atoms with Crippen LogP contribution in [0.15, 0.2) is 30.3 Å². The SMILES string of the molecule is CC1CCCC[C@H]1NC(=O)C(CCCCNC(=O)OCc1ccccc1)NC(=O)N[C@@H](CCCCN)C(=O)O. The molecule has 0 saturated heterocycles. The molecule has 1 fully saturated rings. The highest BCUT2D eigenvalue weighted by Gasteiger charge is 2.28. The summed E-state index contributed by atoms with van der Waals surface area (Å²) in [5, 5.41) is 20.4. The van der Waals surface area contributed by atoms with Gasteiger partial charge in [0.25, 0.3) is 0 Å². The summed E-state index contributed by atoms with van der Waals surface area (Å²) < 4.78 is 5.20. The zero-order chi connectivity index (χ0) is 28.5. The van der Waals surface area contributed by atoms with Crippen LogP contribution in [0.25, 0.3) is 0 Å². The largest absolute Gasteiger partial charge is 0.480 e. The molecule has 0 radical (unpaired) electrons. The molecular formula is C28H45N5O6. The number of ether oxygens (including phenoxy) is 1.